The molecule has 3 nitrogen and oxygen atoms in total. The van der Waals surface area contributed by atoms with Gasteiger partial charge in [0.05, 0.1) is 11.7 Å². The van der Waals surface area contributed by atoms with Gasteiger partial charge in [-0.15, -0.1) is 0 Å². The molecule has 3 heteroatoms. The summed E-state index contributed by atoms with van der Waals surface area (Å²) < 4.78 is 2.18. The molecule has 0 aliphatic heterocycles. The van der Waals surface area contributed by atoms with E-state index < -0.39 is 0 Å². The van der Waals surface area contributed by atoms with Crippen LogP contribution in [0.1, 0.15) is 62.2 Å². The number of rotatable bonds is 7. The molecule has 1 atom stereocenters. The Morgan fingerprint density at radius 2 is 1.95 bits per heavy atom. The zero-order chi connectivity index (χ0) is 15.2. The minimum atomic E-state index is 0.602. The van der Waals surface area contributed by atoms with Crippen molar-refractivity contribution >= 4 is 0 Å². The van der Waals surface area contributed by atoms with Crippen molar-refractivity contribution in [3.63, 3.8) is 0 Å². The van der Waals surface area contributed by atoms with E-state index >= 15 is 0 Å². The van der Waals surface area contributed by atoms with E-state index in [1.807, 2.05) is 0 Å². The average Bonchev–Trinajstić information content (AvgIpc) is 3.23. The molecule has 0 amide bonds. The molecule has 1 heterocycles. The van der Waals surface area contributed by atoms with Gasteiger partial charge in [0.15, 0.2) is 0 Å². The third-order valence-corrected chi connectivity index (χ3v) is 4.79. The molecule has 0 spiro atoms. The molecule has 1 aromatic heterocycles. The van der Waals surface area contributed by atoms with E-state index in [0.29, 0.717) is 12.0 Å². The first-order valence-electron chi connectivity index (χ1n) is 8.62. The Bertz CT molecular complexity index is 555. The fourth-order valence-electron chi connectivity index (χ4n) is 3.33. The first-order chi connectivity index (χ1) is 10.8. The molecule has 1 fully saturated rings. The van der Waals surface area contributed by atoms with Crippen LogP contribution in [0.15, 0.2) is 42.6 Å². The summed E-state index contributed by atoms with van der Waals surface area (Å²) in [6, 6.07) is 13.6. The molecule has 1 aliphatic carbocycles. The van der Waals surface area contributed by atoms with E-state index in [1.165, 1.54) is 36.9 Å². The Hall–Kier alpha value is -1.61. The summed E-state index contributed by atoms with van der Waals surface area (Å²) in [7, 11) is 0. The van der Waals surface area contributed by atoms with Crippen LogP contribution >= 0.6 is 0 Å². The van der Waals surface area contributed by atoms with Gasteiger partial charge in [-0.1, -0.05) is 50.1 Å². The summed E-state index contributed by atoms with van der Waals surface area (Å²) in [5.41, 5.74) is 2.59. The van der Waals surface area contributed by atoms with Crippen molar-refractivity contribution < 1.29 is 0 Å². The maximum Gasteiger partial charge on any atom is 0.0762 e. The highest BCUT2D eigenvalue weighted by molar-refractivity contribution is 5.18. The fourth-order valence-corrected chi connectivity index (χ4v) is 3.33. The van der Waals surface area contributed by atoms with Crippen LogP contribution in [0, 0.1) is 0 Å². The van der Waals surface area contributed by atoms with Crippen LogP contribution in [0.4, 0.5) is 0 Å². The van der Waals surface area contributed by atoms with Crippen LogP contribution in [0.2, 0.25) is 0 Å². The van der Waals surface area contributed by atoms with Gasteiger partial charge in [0.25, 0.3) is 0 Å². The number of nitrogens with one attached hydrogen (secondary N) is 1. The van der Waals surface area contributed by atoms with Crippen LogP contribution in [-0.4, -0.2) is 16.3 Å². The Morgan fingerprint density at radius 3 is 2.73 bits per heavy atom. The van der Waals surface area contributed by atoms with E-state index in [9.17, 15) is 0 Å². The van der Waals surface area contributed by atoms with Gasteiger partial charge in [0.2, 0.25) is 0 Å². The third kappa shape index (κ3) is 3.98. The summed E-state index contributed by atoms with van der Waals surface area (Å²) in [6.07, 6.45) is 8.62. The first kappa shape index (κ1) is 15.3. The molecule has 0 bridgehead atoms. The van der Waals surface area contributed by atoms with E-state index in [4.69, 9.17) is 5.10 Å². The summed E-state index contributed by atoms with van der Waals surface area (Å²) >= 11 is 0. The molecule has 1 saturated carbocycles. The van der Waals surface area contributed by atoms with Gasteiger partial charge in [0, 0.05) is 12.7 Å². The molecule has 1 N–H and O–H groups in total. The van der Waals surface area contributed by atoms with E-state index in [2.05, 4.69) is 59.5 Å². The topological polar surface area (TPSA) is 29.9 Å². The van der Waals surface area contributed by atoms with Crippen molar-refractivity contribution in [2.24, 2.45) is 0 Å². The minimum Gasteiger partial charge on any atom is -0.311 e. The zero-order valence-electron chi connectivity index (χ0n) is 13.5. The predicted molar refractivity (Wildman–Crippen MR) is 90.9 cm³/mol. The lowest BCUT2D eigenvalue weighted by Crippen LogP contribution is -2.17. The molecule has 2 aromatic rings. The maximum absolute atomic E-state index is 4.72. The summed E-state index contributed by atoms with van der Waals surface area (Å²) in [4.78, 5) is 0. The zero-order valence-corrected chi connectivity index (χ0v) is 13.5. The van der Waals surface area contributed by atoms with Gasteiger partial charge in [0.1, 0.15) is 0 Å². The quantitative estimate of drug-likeness (QED) is 0.773. The molecule has 0 saturated heterocycles. The van der Waals surface area contributed by atoms with Gasteiger partial charge in [-0.25, -0.2) is 0 Å². The van der Waals surface area contributed by atoms with E-state index in [-0.39, 0.29) is 0 Å². The highest BCUT2D eigenvalue weighted by Crippen LogP contribution is 2.28. The van der Waals surface area contributed by atoms with Crippen LogP contribution in [0.3, 0.4) is 0 Å². The van der Waals surface area contributed by atoms with Crippen molar-refractivity contribution in [1.82, 2.24) is 15.1 Å². The SMILES string of the molecule is CC(CCNCc1ccn(C2CCCC2)n1)c1ccccc1. The Balaban J connectivity index is 1.40. The van der Waals surface area contributed by atoms with Crippen molar-refractivity contribution in [2.45, 2.75) is 57.5 Å². The molecular formula is C19H27N3. The normalized spacial score (nSPS) is 17.0. The number of benzene rings is 1. The van der Waals surface area contributed by atoms with Crippen LogP contribution in [0.5, 0.6) is 0 Å². The second-order valence-electron chi connectivity index (χ2n) is 6.50. The molecule has 1 aromatic carbocycles. The standard InChI is InChI=1S/C19H27N3/c1-16(17-7-3-2-4-8-17)11-13-20-15-18-12-14-22(21-18)19-9-5-6-10-19/h2-4,7-8,12,14,16,19-20H,5-6,9-11,13,15H2,1H3. The molecule has 0 radical (unpaired) electrons. The minimum absolute atomic E-state index is 0.602. The monoisotopic (exact) mass is 297 g/mol. The first-order valence-corrected chi connectivity index (χ1v) is 8.62. The molecule has 3 rings (SSSR count). The van der Waals surface area contributed by atoms with E-state index in [0.717, 1.165) is 19.5 Å². The van der Waals surface area contributed by atoms with Crippen LogP contribution in [0.25, 0.3) is 0 Å². The largest absolute Gasteiger partial charge is 0.311 e. The third-order valence-electron chi connectivity index (χ3n) is 4.79. The Kier molecular flexibility index (Phi) is 5.28. The van der Waals surface area contributed by atoms with Crippen molar-refractivity contribution in [1.29, 1.82) is 0 Å². The second kappa shape index (κ2) is 7.59. The highest BCUT2D eigenvalue weighted by Gasteiger charge is 2.17. The summed E-state index contributed by atoms with van der Waals surface area (Å²) in [5, 5.41) is 8.25. The van der Waals surface area contributed by atoms with Crippen LogP contribution in [-0.2, 0) is 6.54 Å². The molecule has 1 aliphatic rings. The number of hydrogen-bond acceptors (Lipinski definition) is 2. The Morgan fingerprint density at radius 1 is 1.18 bits per heavy atom. The summed E-state index contributed by atoms with van der Waals surface area (Å²) in [5.74, 6) is 0.602. The lowest BCUT2D eigenvalue weighted by atomic mass is 9.98. The average molecular weight is 297 g/mol. The number of nitrogens with zero attached hydrogens (tertiary/aromatic N) is 2. The number of aromatic nitrogens is 2. The van der Waals surface area contributed by atoms with Gasteiger partial charge >= 0.3 is 0 Å². The van der Waals surface area contributed by atoms with Crippen molar-refractivity contribution in [3.8, 4) is 0 Å². The number of hydrogen-bond donors (Lipinski definition) is 1. The van der Waals surface area contributed by atoms with E-state index in [1.54, 1.807) is 0 Å². The van der Waals surface area contributed by atoms with Crippen LogP contribution < -0.4 is 5.32 Å². The predicted octanol–water partition coefficient (Wildman–Crippen LogP) is 4.28. The lowest BCUT2D eigenvalue weighted by molar-refractivity contribution is 0.460. The maximum atomic E-state index is 4.72. The second-order valence-corrected chi connectivity index (χ2v) is 6.50. The highest BCUT2D eigenvalue weighted by atomic mass is 15.3. The van der Waals surface area contributed by atoms with Crippen molar-refractivity contribution in [3.05, 3.63) is 53.9 Å². The van der Waals surface area contributed by atoms with Gasteiger partial charge in [-0.3, -0.25) is 4.68 Å². The van der Waals surface area contributed by atoms with Gasteiger partial charge < -0.3 is 5.32 Å². The molecular weight excluding hydrogens is 270 g/mol. The smallest absolute Gasteiger partial charge is 0.0762 e. The fraction of sp³-hybridized carbons (Fsp3) is 0.526. The Labute approximate surface area is 133 Å². The van der Waals surface area contributed by atoms with Gasteiger partial charge in [-0.2, -0.15) is 5.10 Å². The molecule has 118 valence electrons. The molecule has 22 heavy (non-hydrogen) atoms. The summed E-state index contributed by atoms with van der Waals surface area (Å²) in [6.45, 7) is 4.21. The van der Waals surface area contributed by atoms with Gasteiger partial charge in [-0.05, 0) is 43.4 Å². The lowest BCUT2D eigenvalue weighted by Gasteiger charge is -2.12. The van der Waals surface area contributed by atoms with Crippen molar-refractivity contribution in [2.75, 3.05) is 6.54 Å². The molecule has 1 unspecified atom stereocenters.